The molecule has 0 bridgehead atoms. The molecule has 19 heteroatoms. The predicted molar refractivity (Wildman–Crippen MR) is 278 cm³/mol. The number of hydrogen-bond acceptors (Lipinski definition) is 10. The molecule has 1 atom stereocenters. The van der Waals surface area contributed by atoms with Crippen molar-refractivity contribution in [3.8, 4) is 16.9 Å². The Bertz CT molecular complexity index is 3370. The van der Waals surface area contributed by atoms with Crippen molar-refractivity contribution in [2.24, 2.45) is 7.05 Å². The lowest BCUT2D eigenvalue weighted by molar-refractivity contribution is -0.135. The number of carbonyl (C=O) groups excluding carboxylic acids is 5. The van der Waals surface area contributed by atoms with Gasteiger partial charge in [-0.05, 0) is 114 Å². The fraction of sp³-hybridized carbons (Fsp3) is 0.389. The number of aryl methyl sites for hydroxylation is 4. The van der Waals surface area contributed by atoms with Crippen molar-refractivity contribution >= 4 is 85.5 Å². The quantitative estimate of drug-likeness (QED) is 0.0613. The second-order valence-electron chi connectivity index (χ2n) is 19.8. The number of fused-ring (bicyclic) bond motifs is 3. The molecule has 2 fully saturated rings. The number of ether oxygens (including phenoxy) is 2. The van der Waals surface area contributed by atoms with E-state index in [0.717, 1.165) is 49.8 Å². The average Bonchev–Trinajstić information content (AvgIpc) is 3.92. The number of piperazine rings is 1. The van der Waals surface area contributed by atoms with E-state index < -0.39 is 35.3 Å². The molecule has 0 radical (unpaired) electrons. The number of halogens is 3. The Morgan fingerprint density at radius 3 is 2.38 bits per heavy atom. The van der Waals surface area contributed by atoms with Crippen LogP contribution in [-0.2, 0) is 45.7 Å². The van der Waals surface area contributed by atoms with Crippen LogP contribution in [0.25, 0.3) is 43.8 Å². The maximum Gasteiger partial charge on any atom is 0.355 e. The van der Waals surface area contributed by atoms with Crippen LogP contribution in [0.15, 0.2) is 60.7 Å². The standard InChI is InChI=1S/C54H58Cl2FN9O7/c1-30-46(31(2)62(7)61-30)47-40(56)16-15-38-37(11-9-25-72-43-12-8-10-33-26-35(57)13-14-36(33)43)50(53(71)73-54(4,5)6)65(49(38)47)24-21-63-19-22-64(23-20-63)45(68)29-66-32(3)58-48-39(27-34(55)28-42(48)66)51(69)59-41-17-18-44(67)60-52(41)70/h8,10,12-16,26-28,41H,9,11,17-25,29H2,1-7H3,(H,59,69)(H,60,67,70). The normalized spacial score (nSPS) is 15.6. The highest BCUT2D eigenvalue weighted by Gasteiger charge is 2.33. The van der Waals surface area contributed by atoms with Crippen molar-refractivity contribution in [2.75, 3.05) is 39.3 Å². The number of aromatic nitrogens is 5. The molecule has 2 N–H and O–H groups in total. The number of piperidine rings is 1. The third kappa shape index (κ3) is 10.5. The Morgan fingerprint density at radius 2 is 1.67 bits per heavy atom. The lowest BCUT2D eigenvalue weighted by Gasteiger charge is -2.35. The van der Waals surface area contributed by atoms with Gasteiger partial charge in [-0.25, -0.2) is 14.2 Å². The molecule has 7 aromatic rings. The van der Waals surface area contributed by atoms with E-state index in [4.69, 9.17) is 37.8 Å². The van der Waals surface area contributed by atoms with Crippen LogP contribution >= 0.6 is 23.2 Å². The van der Waals surface area contributed by atoms with Gasteiger partial charge in [-0.1, -0.05) is 41.4 Å². The zero-order valence-corrected chi connectivity index (χ0v) is 43.5. The van der Waals surface area contributed by atoms with Crippen molar-refractivity contribution in [3.05, 3.63) is 111 Å². The summed E-state index contributed by atoms with van der Waals surface area (Å²) in [7, 11) is 1.90. The van der Waals surface area contributed by atoms with Gasteiger partial charge in [0.05, 0.1) is 33.9 Å². The van der Waals surface area contributed by atoms with Gasteiger partial charge >= 0.3 is 5.97 Å². The van der Waals surface area contributed by atoms with E-state index in [-0.39, 0.29) is 41.7 Å². The fourth-order valence-corrected chi connectivity index (χ4v) is 10.6. The smallest absolute Gasteiger partial charge is 0.355 e. The van der Waals surface area contributed by atoms with Crippen LogP contribution in [0, 0.1) is 26.6 Å². The molecule has 0 saturated carbocycles. The molecule has 2 saturated heterocycles. The number of nitrogens with zero attached hydrogens (tertiary/aromatic N) is 7. The number of rotatable bonds is 14. The highest BCUT2D eigenvalue weighted by atomic mass is 35.5. The molecule has 3 aromatic heterocycles. The molecule has 4 amide bonds. The van der Waals surface area contributed by atoms with Crippen LogP contribution in [0.4, 0.5) is 4.39 Å². The molecule has 16 nitrogen and oxygen atoms in total. The highest BCUT2D eigenvalue weighted by Crippen LogP contribution is 2.43. The Hall–Kier alpha value is -6.82. The number of imidazole rings is 1. The SMILES string of the molecule is Cc1nn(C)c(C)c1-c1c(Cl)ccc2c(CCCOc3cccc4cc(F)ccc34)c(C(=O)OC(C)(C)C)n(CCN3CCN(C(=O)Cn4c(C)nc5c(C(=O)NC6CCC(=O)NC6=O)cc(Cl)cc54)CC3)c12. The first kappa shape index (κ1) is 51.1. The molecule has 4 aromatic carbocycles. The van der Waals surface area contributed by atoms with Crippen LogP contribution in [0.2, 0.25) is 10.0 Å². The molecular weight excluding hydrogens is 977 g/mol. The number of esters is 1. The van der Waals surface area contributed by atoms with Gasteiger partial charge in [-0.3, -0.25) is 34.1 Å². The van der Waals surface area contributed by atoms with Crippen molar-refractivity contribution < 1.29 is 37.8 Å². The average molecular weight is 1040 g/mol. The minimum atomic E-state index is -0.889. The first-order chi connectivity index (χ1) is 34.8. The van der Waals surface area contributed by atoms with Crippen LogP contribution < -0.4 is 15.4 Å². The van der Waals surface area contributed by atoms with Crippen molar-refractivity contribution in [1.82, 2.24) is 44.3 Å². The number of amides is 4. The number of carbonyl (C=O) groups is 5. The Balaban J connectivity index is 0.961. The van der Waals surface area contributed by atoms with Crippen molar-refractivity contribution in [1.29, 1.82) is 0 Å². The van der Waals surface area contributed by atoms with Crippen LogP contribution in [0.3, 0.4) is 0 Å². The van der Waals surface area contributed by atoms with Gasteiger partial charge in [-0.15, -0.1) is 0 Å². The summed E-state index contributed by atoms with van der Waals surface area (Å²) >= 11 is 13.8. The number of benzene rings is 4. The van der Waals surface area contributed by atoms with Gasteiger partial charge in [-0.2, -0.15) is 5.10 Å². The van der Waals surface area contributed by atoms with Gasteiger partial charge in [0.25, 0.3) is 5.91 Å². The zero-order chi connectivity index (χ0) is 52.0. The van der Waals surface area contributed by atoms with Crippen LogP contribution in [0.1, 0.15) is 83.7 Å². The lowest BCUT2D eigenvalue weighted by Crippen LogP contribution is -2.52. The topological polar surface area (TPSA) is 175 Å². The largest absolute Gasteiger partial charge is 0.493 e. The molecule has 0 spiro atoms. The van der Waals surface area contributed by atoms with Crippen LogP contribution in [0.5, 0.6) is 5.75 Å². The van der Waals surface area contributed by atoms with Crippen molar-refractivity contribution in [3.63, 3.8) is 0 Å². The number of hydrogen-bond donors (Lipinski definition) is 2. The molecule has 5 heterocycles. The summed E-state index contributed by atoms with van der Waals surface area (Å²) in [6.07, 6.45) is 1.30. The van der Waals surface area contributed by atoms with E-state index in [2.05, 4.69) is 25.1 Å². The molecule has 2 aliphatic rings. The molecule has 2 aliphatic heterocycles. The summed E-state index contributed by atoms with van der Waals surface area (Å²) in [5, 5.41) is 12.9. The van der Waals surface area contributed by atoms with Gasteiger partial charge in [0.15, 0.2) is 0 Å². The first-order valence-corrected chi connectivity index (χ1v) is 25.2. The molecule has 1 unspecified atom stereocenters. The molecule has 73 heavy (non-hydrogen) atoms. The van der Waals surface area contributed by atoms with E-state index in [0.29, 0.717) is 92.0 Å². The Labute approximate surface area is 431 Å². The molecule has 9 rings (SSSR count). The Kier molecular flexibility index (Phi) is 14.4. The number of nitrogens with one attached hydrogen (secondary N) is 2. The van der Waals surface area contributed by atoms with E-state index >= 15 is 0 Å². The monoisotopic (exact) mass is 1030 g/mol. The van der Waals surface area contributed by atoms with Gasteiger partial charge < -0.3 is 28.8 Å². The van der Waals surface area contributed by atoms with E-state index in [1.807, 2.05) is 81.6 Å². The summed E-state index contributed by atoms with van der Waals surface area (Å²) in [5.41, 5.74) is 5.60. The van der Waals surface area contributed by atoms with Crippen molar-refractivity contribution in [2.45, 2.75) is 92.0 Å². The maximum absolute atomic E-state index is 14.7. The van der Waals surface area contributed by atoms with E-state index in [1.54, 1.807) is 23.6 Å². The summed E-state index contributed by atoms with van der Waals surface area (Å²) < 4.78 is 32.2. The van der Waals surface area contributed by atoms with Crippen LogP contribution in [-0.4, -0.2) is 114 Å². The summed E-state index contributed by atoms with van der Waals surface area (Å²) in [6, 6.07) is 16.3. The highest BCUT2D eigenvalue weighted by molar-refractivity contribution is 6.35. The first-order valence-electron chi connectivity index (χ1n) is 24.5. The van der Waals surface area contributed by atoms with Gasteiger partial charge in [0.1, 0.15) is 46.8 Å². The predicted octanol–water partition coefficient (Wildman–Crippen LogP) is 8.26. The molecule has 0 aliphatic carbocycles. The minimum Gasteiger partial charge on any atom is -0.493 e. The summed E-state index contributed by atoms with van der Waals surface area (Å²) in [4.78, 5) is 75.1. The van der Waals surface area contributed by atoms with E-state index in [9.17, 15) is 28.4 Å². The second-order valence-corrected chi connectivity index (χ2v) is 20.7. The van der Waals surface area contributed by atoms with Gasteiger partial charge in [0, 0.05) is 85.4 Å². The molecular formula is C54H58Cl2FN9O7. The summed E-state index contributed by atoms with van der Waals surface area (Å²) in [6.45, 7) is 14.5. The zero-order valence-electron chi connectivity index (χ0n) is 42.0. The summed E-state index contributed by atoms with van der Waals surface area (Å²) in [5.74, 6) is -1.30. The second kappa shape index (κ2) is 20.6. The lowest BCUT2D eigenvalue weighted by atomic mass is 9.98. The maximum atomic E-state index is 14.7. The third-order valence-electron chi connectivity index (χ3n) is 13.7. The molecule has 382 valence electrons. The fourth-order valence-electron chi connectivity index (χ4n) is 10.1. The van der Waals surface area contributed by atoms with E-state index in [1.165, 1.54) is 18.2 Å². The Morgan fingerprint density at radius 1 is 0.918 bits per heavy atom. The number of imide groups is 1. The van der Waals surface area contributed by atoms with Gasteiger partial charge in [0.2, 0.25) is 17.7 Å². The third-order valence-corrected chi connectivity index (χ3v) is 14.3. The minimum absolute atomic E-state index is 0.0437.